The number of nitrogens with one attached hydrogen (secondary N) is 1. The van der Waals surface area contributed by atoms with Crippen molar-refractivity contribution in [3.05, 3.63) is 28.2 Å². The first-order chi connectivity index (χ1) is 12.8. The predicted molar refractivity (Wildman–Crippen MR) is 114 cm³/mol. The zero-order valence-electron chi connectivity index (χ0n) is 16.7. The average Bonchev–Trinajstić information content (AvgIpc) is 2.58. The van der Waals surface area contributed by atoms with Crippen LogP contribution in [0.1, 0.15) is 53.2 Å². The second-order valence-electron chi connectivity index (χ2n) is 8.36. The molecule has 0 spiro atoms. The highest BCUT2D eigenvalue weighted by molar-refractivity contribution is 9.10. The number of halogens is 2. The third-order valence-corrected chi connectivity index (χ3v) is 10.2. The molecule has 0 fully saturated rings. The summed E-state index contributed by atoms with van der Waals surface area (Å²) in [5, 5.41) is 9.70. The van der Waals surface area contributed by atoms with Gasteiger partial charge >= 0.3 is 0 Å². The lowest BCUT2D eigenvalue weighted by Gasteiger charge is -2.38. The summed E-state index contributed by atoms with van der Waals surface area (Å²) in [6.45, 7) is 8.97. The van der Waals surface area contributed by atoms with Gasteiger partial charge in [-0.3, -0.25) is 0 Å². The van der Waals surface area contributed by atoms with Crippen LogP contribution in [0.5, 0.6) is 0 Å². The van der Waals surface area contributed by atoms with Gasteiger partial charge in [-0.1, -0.05) is 0 Å². The molecule has 1 N–H and O–H groups in total. The Morgan fingerprint density at radius 2 is 2.11 bits per heavy atom. The Morgan fingerprint density at radius 1 is 1.46 bits per heavy atom. The Balaban J connectivity index is 2.62. The first kappa shape index (κ1) is 23.5. The number of hydrogen-bond acceptors (Lipinski definition) is 6. The highest BCUT2D eigenvalue weighted by Crippen LogP contribution is 2.36. The van der Waals surface area contributed by atoms with Crippen LogP contribution in [-0.4, -0.2) is 35.5 Å². The smallest absolute Gasteiger partial charge is 0.146 e. The summed E-state index contributed by atoms with van der Waals surface area (Å²) in [7, 11) is -3.06. The molecule has 0 amide bonds. The van der Waals surface area contributed by atoms with E-state index in [-0.39, 0.29) is 11.4 Å². The molecule has 2 heterocycles. The molecule has 4 atom stereocenters. The molecule has 1 aromatic heterocycles. The average molecular weight is 493 g/mol. The lowest BCUT2D eigenvalue weighted by atomic mass is 10.0. The van der Waals surface area contributed by atoms with Crippen LogP contribution in [-0.2, 0) is 26.6 Å². The number of nitriles is 1. The minimum absolute atomic E-state index is 0.0109. The quantitative estimate of drug-likeness (QED) is 0.497. The van der Waals surface area contributed by atoms with Gasteiger partial charge in [-0.25, -0.2) is 17.9 Å². The standard InChI is InChI=1S/C18H26BrFN4O2S2/c1-16(2,3)27(25)24-18(5,15-13(20)7-8-14(19)23-15)12-28(26)17(4,11-21)9-6-10-22-28/h7-8,24H,6,9-10,12H2,1-5H3/t17-,18+,27?,28-/m1/s1. The Morgan fingerprint density at radius 3 is 2.68 bits per heavy atom. The molecule has 1 aliphatic heterocycles. The molecule has 0 bridgehead atoms. The lowest BCUT2D eigenvalue weighted by molar-refractivity contribution is 0.421. The normalized spacial score (nSPS) is 28.7. The van der Waals surface area contributed by atoms with E-state index in [0.717, 1.165) is 0 Å². The Bertz CT molecular complexity index is 908. The second kappa shape index (κ2) is 8.19. The van der Waals surface area contributed by atoms with Crippen molar-refractivity contribution in [2.24, 2.45) is 4.36 Å². The number of nitrogens with zero attached hydrogens (tertiary/aromatic N) is 3. The van der Waals surface area contributed by atoms with Crippen molar-refractivity contribution in [3.63, 3.8) is 0 Å². The summed E-state index contributed by atoms with van der Waals surface area (Å²) in [6.07, 6.45) is 1.11. The van der Waals surface area contributed by atoms with Crippen LogP contribution in [0.15, 0.2) is 21.1 Å². The Labute approximate surface area is 178 Å². The molecule has 2 rings (SSSR count). The molecule has 6 nitrogen and oxygen atoms in total. The molecule has 1 aliphatic rings. The zero-order valence-corrected chi connectivity index (χ0v) is 19.9. The third-order valence-electron chi connectivity index (χ3n) is 4.75. The summed E-state index contributed by atoms with van der Waals surface area (Å²) < 4.78 is 47.3. The van der Waals surface area contributed by atoms with Crippen molar-refractivity contribution in [1.82, 2.24) is 9.71 Å². The summed E-state index contributed by atoms with van der Waals surface area (Å²) in [5.74, 6) is -0.784. The summed E-state index contributed by atoms with van der Waals surface area (Å²) in [6, 6.07) is 4.87. The lowest BCUT2D eigenvalue weighted by Crippen LogP contribution is -2.56. The van der Waals surface area contributed by atoms with Gasteiger partial charge in [0, 0.05) is 17.9 Å². The Hall–Kier alpha value is -0.730. The number of rotatable bonds is 5. The molecule has 10 heteroatoms. The van der Waals surface area contributed by atoms with E-state index >= 15 is 0 Å². The van der Waals surface area contributed by atoms with Crippen LogP contribution in [0.25, 0.3) is 0 Å². The topological polar surface area (TPSA) is 101 Å². The van der Waals surface area contributed by atoms with E-state index in [1.807, 2.05) is 0 Å². The molecule has 1 unspecified atom stereocenters. The van der Waals surface area contributed by atoms with Gasteiger partial charge in [0.15, 0.2) is 0 Å². The van der Waals surface area contributed by atoms with E-state index in [0.29, 0.717) is 24.0 Å². The summed E-state index contributed by atoms with van der Waals surface area (Å²) >= 11 is 1.65. The first-order valence-electron chi connectivity index (χ1n) is 8.90. The van der Waals surface area contributed by atoms with Gasteiger partial charge < -0.3 is 4.55 Å². The molecular weight excluding hydrogens is 467 g/mol. The minimum atomic E-state index is -3.06. The first-order valence-corrected chi connectivity index (χ1v) is 12.5. The van der Waals surface area contributed by atoms with Gasteiger partial charge in [0.1, 0.15) is 31.1 Å². The second-order valence-corrected chi connectivity index (χ2v) is 13.9. The fourth-order valence-electron chi connectivity index (χ4n) is 2.96. The van der Waals surface area contributed by atoms with Crippen LogP contribution in [0.3, 0.4) is 0 Å². The van der Waals surface area contributed by atoms with Crippen molar-refractivity contribution >= 4 is 37.0 Å². The molecule has 0 saturated heterocycles. The van der Waals surface area contributed by atoms with Crippen LogP contribution >= 0.6 is 15.9 Å². The third kappa shape index (κ3) is 4.70. The molecule has 28 heavy (non-hydrogen) atoms. The number of hydrogen-bond donors (Lipinski definition) is 1. The number of aromatic nitrogens is 1. The fourth-order valence-corrected chi connectivity index (χ4v) is 6.96. The molecule has 156 valence electrons. The number of pyridine rings is 1. The van der Waals surface area contributed by atoms with Crippen molar-refractivity contribution in [2.75, 3.05) is 12.3 Å². The van der Waals surface area contributed by atoms with Crippen molar-refractivity contribution in [2.45, 2.75) is 62.5 Å². The predicted octanol–water partition coefficient (Wildman–Crippen LogP) is 3.79. The van der Waals surface area contributed by atoms with E-state index in [1.165, 1.54) is 12.1 Å². The van der Waals surface area contributed by atoms with Gasteiger partial charge in [-0.2, -0.15) is 5.26 Å². The van der Waals surface area contributed by atoms with Crippen LogP contribution in [0, 0.1) is 17.1 Å². The molecule has 1 aromatic rings. The highest BCUT2D eigenvalue weighted by atomic mass is 79.9. The highest BCUT2D eigenvalue weighted by Gasteiger charge is 2.48. The van der Waals surface area contributed by atoms with E-state index in [9.17, 15) is 18.4 Å². The van der Waals surface area contributed by atoms with Crippen LogP contribution in [0.2, 0.25) is 0 Å². The maximum absolute atomic E-state index is 14.8. The van der Waals surface area contributed by atoms with Crippen LogP contribution < -0.4 is 4.72 Å². The van der Waals surface area contributed by atoms with E-state index in [2.05, 4.69) is 36.1 Å². The zero-order chi connectivity index (χ0) is 21.4. The van der Waals surface area contributed by atoms with Crippen LogP contribution in [0.4, 0.5) is 4.39 Å². The maximum atomic E-state index is 14.8. The van der Waals surface area contributed by atoms with E-state index < -0.39 is 41.9 Å². The van der Waals surface area contributed by atoms with E-state index in [4.69, 9.17) is 0 Å². The van der Waals surface area contributed by atoms with E-state index in [1.54, 1.807) is 34.6 Å². The molecular formula is C18H26BrFN4O2S2. The summed E-state index contributed by atoms with van der Waals surface area (Å²) in [4.78, 5) is 4.24. The molecule has 0 aromatic carbocycles. The van der Waals surface area contributed by atoms with Gasteiger partial charge in [0.2, 0.25) is 0 Å². The monoisotopic (exact) mass is 492 g/mol. The van der Waals surface area contributed by atoms with Crippen molar-refractivity contribution < 1.29 is 13.2 Å². The molecule has 0 aliphatic carbocycles. The van der Waals surface area contributed by atoms with Gasteiger partial charge in [0.25, 0.3) is 0 Å². The largest absolute Gasteiger partial charge is 0.598 e. The van der Waals surface area contributed by atoms with Gasteiger partial charge in [-0.05, 0) is 75.5 Å². The van der Waals surface area contributed by atoms with Crippen molar-refractivity contribution in [1.29, 1.82) is 5.26 Å². The SMILES string of the molecule is CC(C)(C)[S+]([O-])N[C@@](C)(C[S@]1(=O)=NCCC[C@]1(C)C#N)c1nc(Br)ccc1F. The fraction of sp³-hybridized carbons (Fsp3) is 0.667. The molecule has 0 saturated carbocycles. The Kier molecular flexibility index (Phi) is 6.88. The minimum Gasteiger partial charge on any atom is -0.598 e. The molecule has 0 radical (unpaired) electrons. The van der Waals surface area contributed by atoms with Gasteiger partial charge in [-0.15, -0.1) is 4.72 Å². The van der Waals surface area contributed by atoms with Crippen molar-refractivity contribution in [3.8, 4) is 6.07 Å². The maximum Gasteiger partial charge on any atom is 0.146 e. The van der Waals surface area contributed by atoms with Gasteiger partial charge in [0.05, 0.1) is 21.6 Å². The summed E-state index contributed by atoms with van der Waals surface area (Å²) in [5.41, 5.74) is -1.37.